The molecule has 3 rings (SSSR count). The van der Waals surface area contributed by atoms with E-state index < -0.39 is 11.5 Å². The highest BCUT2D eigenvalue weighted by Gasteiger charge is 2.47. The van der Waals surface area contributed by atoms with E-state index >= 15 is 0 Å². The molecule has 0 spiro atoms. The Bertz CT molecular complexity index is 649. The molecule has 1 aromatic rings. The minimum Gasteiger partial charge on any atom is -0.469 e. The number of hydrogen-bond donors (Lipinski definition) is 1. The van der Waals surface area contributed by atoms with Crippen molar-refractivity contribution in [3.63, 3.8) is 0 Å². The summed E-state index contributed by atoms with van der Waals surface area (Å²) in [5.41, 5.74) is 0.430. The molecule has 1 N–H and O–H groups in total. The highest BCUT2D eigenvalue weighted by molar-refractivity contribution is 5.78. The molecular formula is C22H29NO3. The van der Waals surface area contributed by atoms with Gasteiger partial charge in [-0.05, 0) is 44.3 Å². The average molecular weight is 355 g/mol. The molecular weight excluding hydrogens is 326 g/mol. The van der Waals surface area contributed by atoms with Crippen LogP contribution in [0.2, 0.25) is 0 Å². The van der Waals surface area contributed by atoms with Crippen molar-refractivity contribution in [2.75, 3.05) is 20.2 Å². The van der Waals surface area contributed by atoms with Gasteiger partial charge in [-0.1, -0.05) is 55.0 Å². The molecule has 2 fully saturated rings. The van der Waals surface area contributed by atoms with E-state index in [0.29, 0.717) is 19.3 Å². The maximum Gasteiger partial charge on any atom is 0.314 e. The number of hydrogen-bond acceptors (Lipinski definition) is 4. The van der Waals surface area contributed by atoms with Crippen LogP contribution in [-0.2, 0) is 9.53 Å². The third-order valence-electron chi connectivity index (χ3n) is 5.88. The van der Waals surface area contributed by atoms with E-state index in [4.69, 9.17) is 4.74 Å². The minimum absolute atomic E-state index is 0.0588. The molecule has 2 aliphatic rings. The number of carbonyl (C=O) groups excluding carboxylic acids is 1. The van der Waals surface area contributed by atoms with Crippen molar-refractivity contribution < 1.29 is 14.6 Å². The number of carbonyl (C=O) groups is 1. The number of esters is 1. The smallest absolute Gasteiger partial charge is 0.314 e. The number of ether oxygens (including phenoxy) is 1. The summed E-state index contributed by atoms with van der Waals surface area (Å²) in [4.78, 5) is 14.7. The molecule has 4 heteroatoms. The lowest BCUT2D eigenvalue weighted by Crippen LogP contribution is -2.41. The van der Waals surface area contributed by atoms with E-state index in [1.165, 1.54) is 25.5 Å². The average Bonchev–Trinajstić information content (AvgIpc) is 3.37. The maximum atomic E-state index is 12.3. The van der Waals surface area contributed by atoms with Crippen LogP contribution >= 0.6 is 0 Å². The zero-order valence-electron chi connectivity index (χ0n) is 15.6. The molecule has 26 heavy (non-hydrogen) atoms. The number of methoxy groups -OCH3 is 1. The number of aliphatic hydroxyl groups is 1. The van der Waals surface area contributed by atoms with Crippen LogP contribution in [0.25, 0.3) is 0 Å². The monoisotopic (exact) mass is 355 g/mol. The standard InChI is InChI=1S/C22H29NO3/c1-26-21(25)22(14-5-6-15-22)20(24)13-9-12-19(23-16-7-8-17-23)18-10-3-2-4-11-18/h2-4,10-11,19-20,24H,5-8,13-17H2,1H3. The van der Waals surface area contributed by atoms with E-state index in [2.05, 4.69) is 28.9 Å². The molecule has 1 aliphatic carbocycles. The van der Waals surface area contributed by atoms with Crippen LogP contribution in [0.4, 0.5) is 0 Å². The molecule has 4 nitrogen and oxygen atoms in total. The van der Waals surface area contributed by atoms with Gasteiger partial charge in [0.1, 0.15) is 0 Å². The molecule has 2 unspecified atom stereocenters. The fourth-order valence-electron chi connectivity index (χ4n) is 4.35. The van der Waals surface area contributed by atoms with Crippen LogP contribution in [0, 0.1) is 17.3 Å². The largest absolute Gasteiger partial charge is 0.469 e. The second-order valence-corrected chi connectivity index (χ2v) is 7.45. The van der Waals surface area contributed by atoms with Gasteiger partial charge in [-0.2, -0.15) is 0 Å². The van der Waals surface area contributed by atoms with Crippen LogP contribution in [0.1, 0.15) is 56.6 Å². The van der Waals surface area contributed by atoms with Gasteiger partial charge in [0.25, 0.3) is 0 Å². The lowest BCUT2D eigenvalue weighted by atomic mass is 9.79. The number of rotatable bonds is 5. The molecule has 140 valence electrons. The number of aliphatic hydroxyl groups excluding tert-OH is 1. The van der Waals surface area contributed by atoms with Gasteiger partial charge in [0, 0.05) is 6.42 Å². The molecule has 1 aromatic carbocycles. The molecule has 1 saturated heterocycles. The molecule has 0 radical (unpaired) electrons. The summed E-state index contributed by atoms with van der Waals surface area (Å²) in [5.74, 6) is 6.27. The van der Waals surface area contributed by atoms with Crippen molar-refractivity contribution in [2.24, 2.45) is 5.41 Å². The van der Waals surface area contributed by atoms with E-state index in [1.807, 2.05) is 18.2 Å². The summed E-state index contributed by atoms with van der Waals surface area (Å²) in [6.07, 6.45) is 5.26. The third kappa shape index (κ3) is 3.95. The first kappa shape index (κ1) is 18.9. The van der Waals surface area contributed by atoms with Crippen molar-refractivity contribution in [2.45, 2.75) is 57.1 Å². The summed E-state index contributed by atoms with van der Waals surface area (Å²) < 4.78 is 4.98. The zero-order chi connectivity index (χ0) is 18.4. The summed E-state index contributed by atoms with van der Waals surface area (Å²) >= 11 is 0. The Morgan fingerprint density at radius 1 is 1.19 bits per heavy atom. The molecule has 0 bridgehead atoms. The van der Waals surface area contributed by atoms with Gasteiger partial charge >= 0.3 is 5.97 Å². The van der Waals surface area contributed by atoms with Crippen LogP contribution < -0.4 is 0 Å². The molecule has 0 amide bonds. The minimum atomic E-state index is -0.765. The Kier molecular flexibility index (Phi) is 6.34. The van der Waals surface area contributed by atoms with Crippen molar-refractivity contribution >= 4 is 5.97 Å². The SMILES string of the molecule is COC(=O)C1(C(O)CC#CC(c2ccccc2)N2CCCC2)CCCC1. The molecule has 2 atom stereocenters. The van der Waals surface area contributed by atoms with Crippen LogP contribution in [0.15, 0.2) is 30.3 Å². The highest BCUT2D eigenvalue weighted by atomic mass is 16.5. The number of nitrogens with zero attached hydrogens (tertiary/aromatic N) is 1. The van der Waals surface area contributed by atoms with Gasteiger partial charge in [0.15, 0.2) is 0 Å². The molecule has 1 aliphatic heterocycles. The third-order valence-corrected chi connectivity index (χ3v) is 5.88. The van der Waals surface area contributed by atoms with Crippen molar-refractivity contribution in [3.8, 4) is 11.8 Å². The molecule has 1 saturated carbocycles. The lowest BCUT2D eigenvalue weighted by Gasteiger charge is -2.30. The summed E-state index contributed by atoms with van der Waals surface area (Å²) in [5, 5.41) is 10.7. The first-order chi connectivity index (χ1) is 12.7. The van der Waals surface area contributed by atoms with E-state index in [9.17, 15) is 9.90 Å². The lowest BCUT2D eigenvalue weighted by molar-refractivity contribution is -0.159. The van der Waals surface area contributed by atoms with Gasteiger partial charge < -0.3 is 9.84 Å². The maximum absolute atomic E-state index is 12.3. The second-order valence-electron chi connectivity index (χ2n) is 7.45. The molecule has 1 heterocycles. The first-order valence-corrected chi connectivity index (χ1v) is 9.71. The van der Waals surface area contributed by atoms with Gasteiger partial charge in [0.05, 0.1) is 24.7 Å². The van der Waals surface area contributed by atoms with E-state index in [-0.39, 0.29) is 12.0 Å². The highest BCUT2D eigenvalue weighted by Crippen LogP contribution is 2.43. The normalized spacial score (nSPS) is 21.6. The van der Waals surface area contributed by atoms with Gasteiger partial charge in [-0.3, -0.25) is 9.69 Å². The predicted molar refractivity (Wildman–Crippen MR) is 101 cm³/mol. The Morgan fingerprint density at radius 3 is 2.46 bits per heavy atom. The molecule has 0 aromatic heterocycles. The fourth-order valence-corrected chi connectivity index (χ4v) is 4.35. The Morgan fingerprint density at radius 2 is 1.85 bits per heavy atom. The topological polar surface area (TPSA) is 49.8 Å². The number of benzene rings is 1. The van der Waals surface area contributed by atoms with Gasteiger partial charge in [0.2, 0.25) is 0 Å². The fraction of sp³-hybridized carbons (Fsp3) is 0.591. The zero-order valence-corrected chi connectivity index (χ0v) is 15.6. The van der Waals surface area contributed by atoms with Crippen molar-refractivity contribution in [1.82, 2.24) is 4.90 Å². The first-order valence-electron chi connectivity index (χ1n) is 9.71. The Balaban J connectivity index is 1.74. The Hall–Kier alpha value is -1.83. The summed E-state index contributed by atoms with van der Waals surface area (Å²) in [6.45, 7) is 2.12. The van der Waals surface area contributed by atoms with Crippen molar-refractivity contribution in [3.05, 3.63) is 35.9 Å². The summed E-state index contributed by atoms with van der Waals surface area (Å²) in [6, 6.07) is 10.4. The van der Waals surface area contributed by atoms with E-state index in [0.717, 1.165) is 25.9 Å². The number of likely N-dealkylation sites (tertiary alicyclic amines) is 1. The second kappa shape index (κ2) is 8.70. The Labute approximate surface area is 156 Å². The van der Waals surface area contributed by atoms with Gasteiger partial charge in [-0.15, -0.1) is 0 Å². The quantitative estimate of drug-likeness (QED) is 0.650. The van der Waals surface area contributed by atoms with Gasteiger partial charge in [-0.25, -0.2) is 0 Å². The predicted octanol–water partition coefficient (Wildman–Crippen LogP) is 3.31. The van der Waals surface area contributed by atoms with E-state index in [1.54, 1.807) is 0 Å². The van der Waals surface area contributed by atoms with Crippen LogP contribution in [0.5, 0.6) is 0 Å². The van der Waals surface area contributed by atoms with Crippen LogP contribution in [0.3, 0.4) is 0 Å². The van der Waals surface area contributed by atoms with Crippen molar-refractivity contribution in [1.29, 1.82) is 0 Å². The summed E-state index contributed by atoms with van der Waals surface area (Å²) in [7, 11) is 1.40. The van der Waals surface area contributed by atoms with Crippen LogP contribution in [-0.4, -0.2) is 42.3 Å².